The molecule has 1 N–H and O–H groups in total. The monoisotopic (exact) mass is 576 g/mol. The van der Waals surface area contributed by atoms with E-state index in [1.807, 2.05) is 36.4 Å². The van der Waals surface area contributed by atoms with Crippen LogP contribution in [0.4, 0.5) is 0 Å². The van der Waals surface area contributed by atoms with Crippen molar-refractivity contribution in [3.63, 3.8) is 0 Å². The van der Waals surface area contributed by atoms with Crippen LogP contribution in [0, 0.1) is 23.7 Å². The van der Waals surface area contributed by atoms with Crippen LogP contribution in [0.15, 0.2) is 40.9 Å². The van der Waals surface area contributed by atoms with Crippen molar-refractivity contribution in [2.24, 2.45) is 11.8 Å². The molecule has 0 radical (unpaired) electrons. The smallest absolute Gasteiger partial charge is 0.202 e. The van der Waals surface area contributed by atoms with Crippen molar-refractivity contribution in [2.45, 2.75) is 82.8 Å². The molecule has 37 heavy (non-hydrogen) atoms. The summed E-state index contributed by atoms with van der Waals surface area (Å²) in [5.74, 6) is 5.49. The van der Waals surface area contributed by atoms with Crippen LogP contribution in [-0.4, -0.2) is 61.6 Å². The van der Waals surface area contributed by atoms with Crippen LogP contribution in [0.3, 0.4) is 0 Å². The molecule has 1 aromatic carbocycles. The molecule has 0 spiro atoms. The molecule has 7 unspecified atom stereocenters. The zero-order valence-corrected chi connectivity index (χ0v) is 22.9. The second-order valence-corrected chi connectivity index (χ2v) is 10.7. The molecule has 8 heteroatoms. The Morgan fingerprint density at radius 1 is 1.14 bits per heavy atom. The molecule has 1 aromatic rings. The Kier molecular flexibility index (Phi) is 11.0. The first-order chi connectivity index (χ1) is 18.0. The van der Waals surface area contributed by atoms with Gasteiger partial charge in [-0.15, -0.1) is 0 Å². The van der Waals surface area contributed by atoms with E-state index in [0.717, 1.165) is 48.7 Å². The van der Waals surface area contributed by atoms with Gasteiger partial charge in [-0.3, -0.25) is 4.79 Å². The number of carbonyl (C=O) groups is 1. The molecule has 2 aliphatic heterocycles. The molecule has 3 aliphatic rings. The summed E-state index contributed by atoms with van der Waals surface area (Å²) < 4.78 is 31.2. The Bertz CT molecular complexity index is 941. The van der Waals surface area contributed by atoms with Crippen molar-refractivity contribution in [1.29, 1.82) is 0 Å². The number of hydrogen-bond donors (Lipinski definition) is 1. The lowest BCUT2D eigenvalue weighted by molar-refractivity contribution is -0.193. The molecule has 7 nitrogen and oxygen atoms in total. The normalized spacial score (nSPS) is 31.0. The predicted octanol–water partition coefficient (Wildman–Crippen LogP) is 4.80. The van der Waals surface area contributed by atoms with Gasteiger partial charge in [0.15, 0.2) is 12.6 Å². The van der Waals surface area contributed by atoms with Gasteiger partial charge in [0.1, 0.15) is 18.5 Å². The van der Waals surface area contributed by atoms with Gasteiger partial charge in [0.25, 0.3) is 0 Å². The highest BCUT2D eigenvalue weighted by atomic mass is 79.9. The fourth-order valence-corrected chi connectivity index (χ4v) is 5.19. The number of halogens is 1. The molecular formula is C29H37BrO7. The van der Waals surface area contributed by atoms with E-state index in [1.165, 1.54) is 6.92 Å². The van der Waals surface area contributed by atoms with Crippen LogP contribution in [0.25, 0.3) is 0 Å². The van der Waals surface area contributed by atoms with E-state index < -0.39 is 12.0 Å². The topological polar surface area (TPSA) is 83.5 Å². The van der Waals surface area contributed by atoms with Gasteiger partial charge < -0.3 is 28.8 Å². The molecular weight excluding hydrogens is 540 g/mol. The molecule has 0 bridgehead atoms. The van der Waals surface area contributed by atoms with Crippen LogP contribution in [0.1, 0.15) is 51.9 Å². The zero-order chi connectivity index (χ0) is 26.0. The number of carbonyl (C=O) groups excluding carboxylic acids is 1. The SMILES string of the molecule is CC(=O)C#CC1C(O)CC(OC2CCCCO2)C1C=CC(COc1ccc(Br)cc1)OC1CCCCO1. The van der Waals surface area contributed by atoms with E-state index in [2.05, 4.69) is 27.8 Å². The molecule has 1 saturated carbocycles. The second-order valence-electron chi connectivity index (χ2n) is 9.82. The van der Waals surface area contributed by atoms with Crippen molar-refractivity contribution in [3.05, 3.63) is 40.9 Å². The third-order valence-corrected chi connectivity index (χ3v) is 7.38. The van der Waals surface area contributed by atoms with Gasteiger partial charge in [-0.1, -0.05) is 34.0 Å². The lowest BCUT2D eigenvalue weighted by Gasteiger charge is -2.29. The quantitative estimate of drug-likeness (QED) is 0.257. The maximum absolute atomic E-state index is 11.6. The summed E-state index contributed by atoms with van der Waals surface area (Å²) in [6, 6.07) is 7.66. The first-order valence-corrected chi connectivity index (χ1v) is 14.1. The number of ketones is 1. The minimum Gasteiger partial charge on any atom is -0.491 e. The molecule has 3 fully saturated rings. The van der Waals surface area contributed by atoms with Crippen LogP contribution >= 0.6 is 15.9 Å². The number of aliphatic hydroxyl groups excluding tert-OH is 1. The van der Waals surface area contributed by atoms with Crippen LogP contribution in [0.5, 0.6) is 5.75 Å². The maximum atomic E-state index is 11.6. The van der Waals surface area contributed by atoms with Gasteiger partial charge in [-0.05, 0) is 68.7 Å². The molecule has 0 aromatic heterocycles. The van der Waals surface area contributed by atoms with Crippen LogP contribution < -0.4 is 4.74 Å². The maximum Gasteiger partial charge on any atom is 0.202 e. The van der Waals surface area contributed by atoms with Crippen molar-refractivity contribution < 1.29 is 33.6 Å². The molecule has 0 amide bonds. The van der Waals surface area contributed by atoms with Crippen LogP contribution in [0.2, 0.25) is 0 Å². The third-order valence-electron chi connectivity index (χ3n) is 6.85. The Balaban J connectivity index is 1.50. The standard InChI is InChI=1S/C29H37BrO7/c1-20(31)8-14-24-25(27(18-26(24)32)37-29-7-3-5-17-34-29)15-13-23(36-28-6-2-4-16-33-28)19-35-22-11-9-21(30)10-12-22/h9-13,15,23-29,32H,2-7,16-19H2,1H3. The Morgan fingerprint density at radius 2 is 1.84 bits per heavy atom. The summed E-state index contributed by atoms with van der Waals surface area (Å²) >= 11 is 3.45. The summed E-state index contributed by atoms with van der Waals surface area (Å²) in [5.41, 5.74) is 0. The summed E-state index contributed by atoms with van der Waals surface area (Å²) in [6.07, 6.45) is 8.31. The molecule has 4 rings (SSSR count). The van der Waals surface area contributed by atoms with Gasteiger partial charge in [0.05, 0.1) is 18.1 Å². The van der Waals surface area contributed by atoms with E-state index in [0.29, 0.717) is 26.2 Å². The average Bonchev–Trinajstić information content (AvgIpc) is 3.19. The first kappa shape index (κ1) is 28.3. The highest BCUT2D eigenvalue weighted by molar-refractivity contribution is 9.10. The Morgan fingerprint density at radius 3 is 2.49 bits per heavy atom. The number of rotatable bonds is 9. The van der Waals surface area contributed by atoms with Crippen molar-refractivity contribution in [1.82, 2.24) is 0 Å². The molecule has 2 heterocycles. The molecule has 2 saturated heterocycles. The summed E-state index contributed by atoms with van der Waals surface area (Å²) in [7, 11) is 0. The Labute approximate surface area is 228 Å². The van der Waals surface area contributed by atoms with Gasteiger partial charge in [0, 0.05) is 36.9 Å². The third kappa shape index (κ3) is 8.91. The van der Waals surface area contributed by atoms with E-state index in [1.54, 1.807) is 0 Å². The van der Waals surface area contributed by atoms with Crippen molar-refractivity contribution >= 4 is 21.7 Å². The lowest BCUT2D eigenvalue weighted by Crippen LogP contribution is -2.32. The minimum atomic E-state index is -0.699. The van der Waals surface area contributed by atoms with Crippen LogP contribution in [-0.2, 0) is 23.7 Å². The largest absolute Gasteiger partial charge is 0.491 e. The summed E-state index contributed by atoms with van der Waals surface area (Å²) in [4.78, 5) is 11.6. The fraction of sp³-hybridized carbons (Fsp3) is 0.621. The molecule has 1 aliphatic carbocycles. The van der Waals surface area contributed by atoms with E-state index >= 15 is 0 Å². The molecule has 7 atom stereocenters. The highest BCUT2D eigenvalue weighted by Crippen LogP contribution is 2.37. The number of aliphatic hydroxyl groups is 1. The first-order valence-electron chi connectivity index (χ1n) is 13.3. The highest BCUT2D eigenvalue weighted by Gasteiger charge is 2.42. The summed E-state index contributed by atoms with van der Waals surface area (Å²) in [6.45, 7) is 3.09. The van der Waals surface area contributed by atoms with Crippen molar-refractivity contribution in [3.8, 4) is 17.6 Å². The van der Waals surface area contributed by atoms with Gasteiger partial charge in [-0.2, -0.15) is 0 Å². The number of ether oxygens (including phenoxy) is 5. The number of hydrogen-bond acceptors (Lipinski definition) is 7. The minimum absolute atomic E-state index is 0.224. The van der Waals surface area contributed by atoms with E-state index in [9.17, 15) is 9.90 Å². The van der Waals surface area contributed by atoms with E-state index in [-0.39, 0.29) is 36.5 Å². The molecule has 202 valence electrons. The van der Waals surface area contributed by atoms with E-state index in [4.69, 9.17) is 23.7 Å². The second kappa shape index (κ2) is 14.4. The van der Waals surface area contributed by atoms with Gasteiger partial charge in [-0.25, -0.2) is 0 Å². The predicted molar refractivity (Wildman–Crippen MR) is 142 cm³/mol. The zero-order valence-electron chi connectivity index (χ0n) is 21.4. The summed E-state index contributed by atoms with van der Waals surface area (Å²) in [5, 5.41) is 10.8. The number of benzene rings is 1. The van der Waals surface area contributed by atoms with Gasteiger partial charge in [0.2, 0.25) is 5.78 Å². The Hall–Kier alpha value is -1.73. The van der Waals surface area contributed by atoms with Crippen molar-refractivity contribution in [2.75, 3.05) is 19.8 Å². The van der Waals surface area contributed by atoms with Gasteiger partial charge >= 0.3 is 0 Å². The average molecular weight is 578 g/mol. The fourth-order valence-electron chi connectivity index (χ4n) is 4.93. The number of Topliss-reactive ketones (excluding diaryl/α,β-unsaturated/α-hetero) is 1. The lowest BCUT2D eigenvalue weighted by atomic mass is 9.93.